The van der Waals surface area contributed by atoms with Gasteiger partial charge in [-0.1, -0.05) is 11.7 Å². The molecule has 0 aromatic carbocycles. The second-order valence-corrected chi connectivity index (χ2v) is 1.29. The third kappa shape index (κ3) is 2.12. The predicted octanol–water partition coefficient (Wildman–Crippen LogP) is 0.721. The van der Waals surface area contributed by atoms with Crippen LogP contribution in [0.15, 0.2) is 17.3 Å². The van der Waals surface area contributed by atoms with Crippen LogP contribution in [0.5, 0.6) is 0 Å². The van der Waals surface area contributed by atoms with E-state index < -0.39 is 5.97 Å². The van der Waals surface area contributed by atoms with Gasteiger partial charge in [-0.3, -0.25) is 0 Å². The molecule has 8 heavy (non-hydrogen) atoms. The van der Waals surface area contributed by atoms with Crippen LogP contribution in [0.2, 0.25) is 0 Å². The van der Waals surface area contributed by atoms with Gasteiger partial charge in [0.05, 0.1) is 0 Å². The van der Waals surface area contributed by atoms with Crippen LogP contribution in [-0.2, 0) is 9.63 Å². The highest BCUT2D eigenvalue weighted by Crippen LogP contribution is 1.89. The van der Waals surface area contributed by atoms with Gasteiger partial charge in [0.25, 0.3) is 0 Å². The molecule has 0 N–H and O–H groups in total. The van der Waals surface area contributed by atoms with Gasteiger partial charge in [0.2, 0.25) is 0 Å². The summed E-state index contributed by atoms with van der Waals surface area (Å²) in [6.45, 7) is 7.80. The summed E-state index contributed by atoms with van der Waals surface area (Å²) >= 11 is 0. The summed E-state index contributed by atoms with van der Waals surface area (Å²) in [6.07, 6.45) is 0. The molecule has 0 atom stereocenters. The molecule has 0 aliphatic carbocycles. The molecule has 0 unspecified atom stereocenters. The molecule has 44 valence electrons. The van der Waals surface area contributed by atoms with Crippen LogP contribution in [0, 0.1) is 0 Å². The lowest BCUT2D eigenvalue weighted by Crippen LogP contribution is -1.98. The zero-order valence-electron chi connectivity index (χ0n) is 4.68. The Hall–Kier alpha value is -1.12. The monoisotopic (exact) mass is 113 g/mol. The van der Waals surface area contributed by atoms with Gasteiger partial charge in [0.15, 0.2) is 0 Å². The van der Waals surface area contributed by atoms with Crippen molar-refractivity contribution in [2.24, 2.45) is 5.16 Å². The zero-order chi connectivity index (χ0) is 6.57. The normalized spacial score (nSPS) is 7.62. The first-order valence-corrected chi connectivity index (χ1v) is 2.01. The van der Waals surface area contributed by atoms with Gasteiger partial charge in [0, 0.05) is 12.3 Å². The fourth-order valence-corrected chi connectivity index (χ4v) is 0.137. The van der Waals surface area contributed by atoms with E-state index in [0.29, 0.717) is 5.57 Å². The van der Waals surface area contributed by atoms with Crippen molar-refractivity contribution >= 4 is 12.7 Å². The topological polar surface area (TPSA) is 38.7 Å². The van der Waals surface area contributed by atoms with E-state index in [9.17, 15) is 4.79 Å². The van der Waals surface area contributed by atoms with Crippen LogP contribution < -0.4 is 0 Å². The molecule has 0 bridgehead atoms. The van der Waals surface area contributed by atoms with Crippen molar-refractivity contribution in [3.63, 3.8) is 0 Å². The van der Waals surface area contributed by atoms with Crippen molar-refractivity contribution in [2.75, 3.05) is 0 Å². The van der Waals surface area contributed by atoms with Crippen molar-refractivity contribution in [1.82, 2.24) is 0 Å². The first-order chi connectivity index (χ1) is 3.68. The molecule has 0 aliphatic rings. The summed E-state index contributed by atoms with van der Waals surface area (Å²) in [5.41, 5.74) is 0.317. The van der Waals surface area contributed by atoms with Gasteiger partial charge in [-0.25, -0.2) is 4.79 Å². The highest BCUT2D eigenvalue weighted by Gasteiger charge is 1.98. The third-order valence-corrected chi connectivity index (χ3v) is 0.496. The molecule has 0 fully saturated rings. The molecular formula is C5H7NO2. The number of hydrogen-bond donors (Lipinski definition) is 0. The van der Waals surface area contributed by atoms with Crippen molar-refractivity contribution < 1.29 is 9.63 Å². The fraction of sp³-hybridized carbons (Fsp3) is 0.200. The number of oxime groups is 1. The molecule has 0 saturated carbocycles. The number of nitrogens with zero attached hydrogens (tertiary/aromatic N) is 1. The van der Waals surface area contributed by atoms with Crippen LogP contribution in [0.4, 0.5) is 0 Å². The molecule has 0 aliphatic heterocycles. The second-order valence-electron chi connectivity index (χ2n) is 1.29. The predicted molar refractivity (Wildman–Crippen MR) is 30.5 cm³/mol. The Morgan fingerprint density at radius 3 is 2.38 bits per heavy atom. The average molecular weight is 113 g/mol. The van der Waals surface area contributed by atoms with Crippen LogP contribution in [-0.4, -0.2) is 12.7 Å². The Kier molecular flexibility index (Phi) is 2.54. The minimum Gasteiger partial charge on any atom is -0.314 e. The largest absolute Gasteiger partial charge is 0.360 e. The molecule has 3 heteroatoms. The van der Waals surface area contributed by atoms with Crippen LogP contribution in [0.25, 0.3) is 0 Å². The molecule has 0 amide bonds. The quantitative estimate of drug-likeness (QED) is 0.229. The molecule has 0 saturated heterocycles. The molecular weight excluding hydrogens is 106 g/mol. The lowest BCUT2D eigenvalue weighted by Gasteiger charge is -1.90. The standard InChI is InChI=1S/C5H7NO2/c1-4(2)5(7)8-6-3/h1,3H2,2H3. The Morgan fingerprint density at radius 2 is 2.25 bits per heavy atom. The molecule has 3 nitrogen and oxygen atoms in total. The zero-order valence-corrected chi connectivity index (χ0v) is 4.68. The average Bonchev–Trinajstić information content (AvgIpc) is 1.67. The van der Waals surface area contributed by atoms with E-state index in [2.05, 4.69) is 23.3 Å². The number of hydrogen-bond acceptors (Lipinski definition) is 3. The molecule has 0 spiro atoms. The third-order valence-electron chi connectivity index (χ3n) is 0.496. The summed E-state index contributed by atoms with van der Waals surface area (Å²) in [4.78, 5) is 14.4. The minimum absolute atomic E-state index is 0.317. The Morgan fingerprint density at radius 1 is 1.75 bits per heavy atom. The Labute approximate surface area is 47.6 Å². The maximum atomic E-state index is 10.3. The van der Waals surface area contributed by atoms with E-state index in [0.717, 1.165) is 0 Å². The van der Waals surface area contributed by atoms with E-state index in [1.807, 2.05) is 0 Å². The lowest BCUT2D eigenvalue weighted by molar-refractivity contribution is -0.138. The van der Waals surface area contributed by atoms with Gasteiger partial charge in [-0.05, 0) is 6.92 Å². The first kappa shape index (κ1) is 6.88. The van der Waals surface area contributed by atoms with E-state index in [-0.39, 0.29) is 0 Å². The fourth-order valence-electron chi connectivity index (χ4n) is 0.137. The summed E-state index contributed by atoms with van der Waals surface area (Å²) in [5, 5.41) is 2.90. The SMILES string of the molecule is C=NOC(=O)C(=C)C. The minimum atomic E-state index is -0.542. The van der Waals surface area contributed by atoms with Gasteiger partial charge in [-0.15, -0.1) is 0 Å². The first-order valence-electron chi connectivity index (χ1n) is 2.01. The maximum Gasteiger partial charge on any atom is 0.360 e. The van der Waals surface area contributed by atoms with Gasteiger partial charge >= 0.3 is 5.97 Å². The Balaban J connectivity index is 3.65. The molecule has 0 radical (unpaired) electrons. The number of carbonyl (C=O) groups is 1. The highest BCUT2D eigenvalue weighted by atomic mass is 16.7. The molecule has 0 rings (SSSR count). The van der Waals surface area contributed by atoms with E-state index in [1.54, 1.807) is 0 Å². The van der Waals surface area contributed by atoms with Crippen molar-refractivity contribution in [3.8, 4) is 0 Å². The molecule has 0 aromatic heterocycles. The van der Waals surface area contributed by atoms with E-state index in [1.165, 1.54) is 6.92 Å². The van der Waals surface area contributed by atoms with Crippen LogP contribution in [0.3, 0.4) is 0 Å². The second kappa shape index (κ2) is 2.96. The van der Waals surface area contributed by atoms with Crippen LogP contribution in [0.1, 0.15) is 6.92 Å². The summed E-state index contributed by atoms with van der Waals surface area (Å²) in [6, 6.07) is 0. The highest BCUT2D eigenvalue weighted by molar-refractivity contribution is 5.86. The number of carbonyl (C=O) groups excluding carboxylic acids is 1. The summed E-state index contributed by atoms with van der Waals surface area (Å²) < 4.78 is 0. The smallest absolute Gasteiger partial charge is 0.314 e. The van der Waals surface area contributed by atoms with E-state index in [4.69, 9.17) is 0 Å². The number of rotatable bonds is 2. The maximum absolute atomic E-state index is 10.3. The van der Waals surface area contributed by atoms with Gasteiger partial charge in [0.1, 0.15) is 0 Å². The molecule has 0 aromatic rings. The lowest BCUT2D eigenvalue weighted by atomic mass is 10.4. The summed E-state index contributed by atoms with van der Waals surface area (Å²) in [5.74, 6) is -0.542. The summed E-state index contributed by atoms with van der Waals surface area (Å²) in [7, 11) is 0. The van der Waals surface area contributed by atoms with Crippen molar-refractivity contribution in [3.05, 3.63) is 12.2 Å². The Bertz CT molecular complexity index is 128. The van der Waals surface area contributed by atoms with Gasteiger partial charge < -0.3 is 4.84 Å². The van der Waals surface area contributed by atoms with E-state index >= 15 is 0 Å². The van der Waals surface area contributed by atoms with Crippen molar-refractivity contribution in [1.29, 1.82) is 0 Å². The van der Waals surface area contributed by atoms with Gasteiger partial charge in [-0.2, -0.15) is 0 Å². The molecule has 0 heterocycles. The van der Waals surface area contributed by atoms with Crippen molar-refractivity contribution in [2.45, 2.75) is 6.92 Å². The van der Waals surface area contributed by atoms with Crippen LogP contribution >= 0.6 is 0 Å².